The smallest absolute Gasteiger partial charge is 0.254 e. The second-order valence-corrected chi connectivity index (χ2v) is 5.15. The fourth-order valence-corrected chi connectivity index (χ4v) is 1.95. The van der Waals surface area contributed by atoms with Crippen molar-refractivity contribution in [1.29, 1.82) is 0 Å². The van der Waals surface area contributed by atoms with Crippen LogP contribution in [0, 0.1) is 13.8 Å². The Labute approximate surface area is 109 Å². The predicted molar refractivity (Wildman–Crippen MR) is 73.8 cm³/mol. The number of hydrogen-bond acceptors (Lipinski definition) is 2. The topological polar surface area (TPSA) is 40.5 Å². The fraction of sp³-hybridized carbons (Fsp3) is 0.533. The zero-order valence-electron chi connectivity index (χ0n) is 11.9. The Morgan fingerprint density at radius 1 is 1.28 bits per heavy atom. The highest BCUT2D eigenvalue weighted by atomic mass is 16.3. The van der Waals surface area contributed by atoms with Crippen molar-refractivity contribution in [1.82, 2.24) is 4.90 Å². The standard InChI is InChI=1S/C15H23NO2/c1-10(2)16(9-12(4)17)15(18)14-8-6-7-11(3)13(14)5/h6-8,10,12,17H,9H2,1-5H3. The Bertz CT molecular complexity index is 425. The van der Waals surface area contributed by atoms with Gasteiger partial charge in [-0.3, -0.25) is 4.79 Å². The van der Waals surface area contributed by atoms with Gasteiger partial charge >= 0.3 is 0 Å². The zero-order valence-corrected chi connectivity index (χ0v) is 11.9. The van der Waals surface area contributed by atoms with Gasteiger partial charge in [-0.2, -0.15) is 0 Å². The van der Waals surface area contributed by atoms with Gasteiger partial charge in [0.1, 0.15) is 0 Å². The molecule has 0 saturated carbocycles. The molecule has 18 heavy (non-hydrogen) atoms. The molecule has 100 valence electrons. The van der Waals surface area contributed by atoms with E-state index in [4.69, 9.17) is 0 Å². The maximum absolute atomic E-state index is 12.5. The lowest BCUT2D eigenvalue weighted by Crippen LogP contribution is -2.41. The number of aliphatic hydroxyl groups is 1. The third-order valence-corrected chi connectivity index (χ3v) is 3.18. The van der Waals surface area contributed by atoms with Crippen LogP contribution in [0.3, 0.4) is 0 Å². The zero-order chi connectivity index (χ0) is 13.9. The number of benzene rings is 1. The van der Waals surface area contributed by atoms with Gasteiger partial charge in [-0.1, -0.05) is 12.1 Å². The molecule has 0 aromatic heterocycles. The van der Waals surface area contributed by atoms with Gasteiger partial charge in [-0.05, 0) is 51.8 Å². The van der Waals surface area contributed by atoms with Crippen molar-refractivity contribution in [3.05, 3.63) is 34.9 Å². The highest BCUT2D eigenvalue weighted by Crippen LogP contribution is 2.16. The summed E-state index contributed by atoms with van der Waals surface area (Å²) in [7, 11) is 0. The van der Waals surface area contributed by atoms with Gasteiger partial charge in [-0.15, -0.1) is 0 Å². The number of carbonyl (C=O) groups excluding carboxylic acids is 1. The number of aryl methyl sites for hydroxylation is 1. The molecule has 1 atom stereocenters. The number of nitrogens with zero attached hydrogens (tertiary/aromatic N) is 1. The molecule has 0 aliphatic rings. The summed E-state index contributed by atoms with van der Waals surface area (Å²) in [6, 6.07) is 5.82. The van der Waals surface area contributed by atoms with Crippen LogP contribution in [0.4, 0.5) is 0 Å². The van der Waals surface area contributed by atoms with Crippen molar-refractivity contribution in [3.8, 4) is 0 Å². The van der Waals surface area contributed by atoms with Gasteiger partial charge in [0.05, 0.1) is 6.10 Å². The van der Waals surface area contributed by atoms with Gasteiger partial charge in [0.15, 0.2) is 0 Å². The van der Waals surface area contributed by atoms with Crippen LogP contribution in [-0.2, 0) is 0 Å². The number of amides is 1. The number of rotatable bonds is 4. The first kappa shape index (κ1) is 14.7. The summed E-state index contributed by atoms with van der Waals surface area (Å²) >= 11 is 0. The lowest BCUT2D eigenvalue weighted by atomic mass is 10.0. The molecule has 0 spiro atoms. The number of aliphatic hydroxyl groups excluding tert-OH is 1. The lowest BCUT2D eigenvalue weighted by Gasteiger charge is -2.28. The average Bonchev–Trinajstić information content (AvgIpc) is 2.28. The van der Waals surface area contributed by atoms with Crippen LogP contribution in [0.15, 0.2) is 18.2 Å². The molecule has 0 aliphatic heterocycles. The van der Waals surface area contributed by atoms with Gasteiger partial charge in [0.2, 0.25) is 0 Å². The van der Waals surface area contributed by atoms with E-state index in [1.807, 2.05) is 45.9 Å². The molecule has 1 N–H and O–H groups in total. The van der Waals surface area contributed by atoms with Crippen LogP contribution in [0.25, 0.3) is 0 Å². The van der Waals surface area contributed by atoms with Gasteiger partial charge in [-0.25, -0.2) is 0 Å². The molecule has 1 rings (SSSR count). The molecule has 0 bridgehead atoms. The van der Waals surface area contributed by atoms with E-state index in [1.165, 1.54) is 0 Å². The lowest BCUT2D eigenvalue weighted by molar-refractivity contribution is 0.0578. The largest absolute Gasteiger partial charge is 0.392 e. The maximum atomic E-state index is 12.5. The van der Waals surface area contributed by atoms with Crippen LogP contribution in [0.1, 0.15) is 42.3 Å². The van der Waals surface area contributed by atoms with E-state index in [0.717, 1.165) is 16.7 Å². The summed E-state index contributed by atoms with van der Waals surface area (Å²) in [5.74, 6) is -0.00731. The Balaban J connectivity index is 3.06. The number of carbonyl (C=O) groups is 1. The first-order valence-corrected chi connectivity index (χ1v) is 6.39. The minimum atomic E-state index is -0.513. The van der Waals surface area contributed by atoms with Crippen LogP contribution in [0.5, 0.6) is 0 Å². The van der Waals surface area contributed by atoms with Gasteiger partial charge in [0.25, 0.3) is 5.91 Å². The average molecular weight is 249 g/mol. The minimum Gasteiger partial charge on any atom is -0.392 e. The second kappa shape index (κ2) is 6.01. The summed E-state index contributed by atoms with van der Waals surface area (Å²) in [6.07, 6.45) is -0.513. The first-order chi connectivity index (χ1) is 8.34. The normalized spacial score (nSPS) is 12.6. The third kappa shape index (κ3) is 3.33. The summed E-state index contributed by atoms with van der Waals surface area (Å²) in [5.41, 5.74) is 2.85. The summed E-state index contributed by atoms with van der Waals surface area (Å²) in [4.78, 5) is 14.2. The van der Waals surface area contributed by atoms with E-state index in [1.54, 1.807) is 11.8 Å². The van der Waals surface area contributed by atoms with Crippen molar-refractivity contribution in [2.75, 3.05) is 6.54 Å². The predicted octanol–water partition coefficient (Wildman–Crippen LogP) is 2.53. The second-order valence-electron chi connectivity index (χ2n) is 5.15. The van der Waals surface area contributed by atoms with E-state index in [9.17, 15) is 9.90 Å². The monoisotopic (exact) mass is 249 g/mol. The Morgan fingerprint density at radius 2 is 1.89 bits per heavy atom. The van der Waals surface area contributed by atoms with E-state index in [-0.39, 0.29) is 11.9 Å². The van der Waals surface area contributed by atoms with Crippen molar-refractivity contribution in [2.45, 2.75) is 46.8 Å². The van der Waals surface area contributed by atoms with Crippen molar-refractivity contribution < 1.29 is 9.90 Å². The Hall–Kier alpha value is -1.35. The van der Waals surface area contributed by atoms with Crippen LogP contribution < -0.4 is 0 Å². The van der Waals surface area contributed by atoms with Crippen molar-refractivity contribution in [2.24, 2.45) is 0 Å². The maximum Gasteiger partial charge on any atom is 0.254 e. The molecule has 0 saturated heterocycles. The molecule has 0 aliphatic carbocycles. The molecule has 0 heterocycles. The van der Waals surface area contributed by atoms with Gasteiger partial charge in [0, 0.05) is 18.2 Å². The summed E-state index contributed by atoms with van der Waals surface area (Å²) < 4.78 is 0. The van der Waals surface area contributed by atoms with Crippen molar-refractivity contribution in [3.63, 3.8) is 0 Å². The minimum absolute atomic E-state index is 0.00731. The molecular weight excluding hydrogens is 226 g/mol. The Morgan fingerprint density at radius 3 is 2.39 bits per heavy atom. The number of hydrogen-bond donors (Lipinski definition) is 1. The molecule has 0 fully saturated rings. The quantitative estimate of drug-likeness (QED) is 0.890. The summed E-state index contributed by atoms with van der Waals surface area (Å²) in [5, 5.41) is 9.50. The van der Waals surface area contributed by atoms with Crippen molar-refractivity contribution >= 4 is 5.91 Å². The van der Waals surface area contributed by atoms with E-state index < -0.39 is 6.10 Å². The SMILES string of the molecule is Cc1cccc(C(=O)N(CC(C)O)C(C)C)c1C. The molecule has 3 nitrogen and oxygen atoms in total. The highest BCUT2D eigenvalue weighted by molar-refractivity contribution is 5.96. The molecule has 1 amide bonds. The molecular formula is C15H23NO2. The highest BCUT2D eigenvalue weighted by Gasteiger charge is 2.21. The van der Waals surface area contributed by atoms with Crippen LogP contribution in [0.2, 0.25) is 0 Å². The molecule has 1 unspecified atom stereocenters. The first-order valence-electron chi connectivity index (χ1n) is 6.39. The molecule has 1 aromatic rings. The molecule has 1 aromatic carbocycles. The van der Waals surface area contributed by atoms with Gasteiger partial charge < -0.3 is 10.0 Å². The van der Waals surface area contributed by atoms with Crippen LogP contribution >= 0.6 is 0 Å². The molecule has 3 heteroatoms. The van der Waals surface area contributed by atoms with E-state index in [2.05, 4.69) is 0 Å². The summed E-state index contributed by atoms with van der Waals surface area (Å²) in [6.45, 7) is 9.95. The van der Waals surface area contributed by atoms with Crippen LogP contribution in [-0.4, -0.2) is 34.6 Å². The van der Waals surface area contributed by atoms with E-state index in [0.29, 0.717) is 6.54 Å². The van der Waals surface area contributed by atoms with E-state index >= 15 is 0 Å². The third-order valence-electron chi connectivity index (χ3n) is 3.18. The molecule has 0 radical (unpaired) electrons. The fourth-order valence-electron chi connectivity index (χ4n) is 1.95. The Kier molecular flexibility index (Phi) is 4.91.